The number of amides is 1. The van der Waals surface area contributed by atoms with Crippen molar-refractivity contribution in [3.63, 3.8) is 0 Å². The molecule has 29 heavy (non-hydrogen) atoms. The van der Waals surface area contributed by atoms with Crippen LogP contribution in [0.2, 0.25) is 0 Å². The number of thiophene rings is 1. The van der Waals surface area contributed by atoms with Gasteiger partial charge in [-0.15, -0.1) is 11.3 Å². The maximum absolute atomic E-state index is 12.8. The number of benzene rings is 1. The molecule has 152 valence electrons. The lowest BCUT2D eigenvalue weighted by molar-refractivity contribution is 0.0769. The lowest BCUT2D eigenvalue weighted by Gasteiger charge is -2.30. The molecule has 1 aliphatic rings. The quantitative estimate of drug-likeness (QED) is 0.606. The first-order valence-corrected chi connectivity index (χ1v) is 10.9. The van der Waals surface area contributed by atoms with Crippen molar-refractivity contribution in [1.82, 2.24) is 19.9 Å². The average molecular weight is 411 g/mol. The predicted molar refractivity (Wildman–Crippen MR) is 114 cm³/mol. The second-order valence-electron chi connectivity index (χ2n) is 7.83. The van der Waals surface area contributed by atoms with E-state index in [4.69, 9.17) is 4.52 Å². The highest BCUT2D eigenvalue weighted by Gasteiger charge is 2.18. The standard InChI is InChI=1S/C22H26N4O2S/c1-16-5-3-11-26(13-16)14-17-7-9-18(10-8-17)22(27)25(2)15-20-23-21(24-28-20)19-6-4-12-29-19/h4,6-10,12,16H,3,5,11,13-15H2,1-2H3. The summed E-state index contributed by atoms with van der Waals surface area (Å²) in [5, 5.41) is 5.97. The van der Waals surface area contributed by atoms with Gasteiger partial charge >= 0.3 is 0 Å². The number of piperidine rings is 1. The fourth-order valence-corrected chi connectivity index (χ4v) is 4.41. The van der Waals surface area contributed by atoms with Gasteiger partial charge in [0.05, 0.1) is 11.4 Å². The van der Waals surface area contributed by atoms with Crippen molar-refractivity contribution < 1.29 is 9.32 Å². The Morgan fingerprint density at radius 1 is 1.31 bits per heavy atom. The third-order valence-corrected chi connectivity index (χ3v) is 6.14. The van der Waals surface area contributed by atoms with Crippen LogP contribution < -0.4 is 0 Å². The number of hydrogen-bond acceptors (Lipinski definition) is 6. The van der Waals surface area contributed by atoms with Crippen LogP contribution in [0.4, 0.5) is 0 Å². The lowest BCUT2D eigenvalue weighted by atomic mass is 9.99. The smallest absolute Gasteiger partial charge is 0.254 e. The fourth-order valence-electron chi connectivity index (χ4n) is 3.76. The number of nitrogens with zero attached hydrogens (tertiary/aromatic N) is 4. The van der Waals surface area contributed by atoms with E-state index in [1.807, 2.05) is 29.6 Å². The van der Waals surface area contributed by atoms with Crippen LogP contribution in [-0.2, 0) is 13.1 Å². The molecule has 1 aromatic carbocycles. The lowest BCUT2D eigenvalue weighted by Crippen LogP contribution is -2.33. The maximum Gasteiger partial charge on any atom is 0.254 e. The molecule has 0 saturated carbocycles. The third-order valence-electron chi connectivity index (χ3n) is 5.28. The minimum absolute atomic E-state index is 0.0565. The molecule has 7 heteroatoms. The zero-order valence-electron chi connectivity index (χ0n) is 16.9. The van der Waals surface area contributed by atoms with Crippen LogP contribution in [0.1, 0.15) is 41.6 Å². The Hall–Kier alpha value is -2.51. The van der Waals surface area contributed by atoms with E-state index in [2.05, 4.69) is 34.1 Å². The van der Waals surface area contributed by atoms with Crippen LogP contribution in [0.3, 0.4) is 0 Å². The van der Waals surface area contributed by atoms with Gasteiger partial charge in [0.25, 0.3) is 5.91 Å². The van der Waals surface area contributed by atoms with Gasteiger partial charge in [-0.1, -0.05) is 30.3 Å². The second kappa shape index (κ2) is 8.88. The van der Waals surface area contributed by atoms with Crippen LogP contribution in [0.25, 0.3) is 10.7 Å². The number of hydrogen-bond donors (Lipinski definition) is 0. The molecule has 1 aliphatic heterocycles. The van der Waals surface area contributed by atoms with Crippen molar-refractivity contribution >= 4 is 17.2 Å². The minimum atomic E-state index is -0.0565. The molecule has 1 unspecified atom stereocenters. The molecule has 2 aromatic heterocycles. The van der Waals surface area contributed by atoms with Crippen LogP contribution in [0.5, 0.6) is 0 Å². The first-order valence-electron chi connectivity index (χ1n) is 10.0. The highest BCUT2D eigenvalue weighted by Crippen LogP contribution is 2.22. The molecule has 0 N–H and O–H groups in total. The summed E-state index contributed by atoms with van der Waals surface area (Å²) < 4.78 is 5.30. The van der Waals surface area contributed by atoms with E-state index in [9.17, 15) is 4.79 Å². The summed E-state index contributed by atoms with van der Waals surface area (Å²) >= 11 is 1.56. The summed E-state index contributed by atoms with van der Waals surface area (Å²) in [4.78, 5) is 22.2. The van der Waals surface area contributed by atoms with Gasteiger partial charge in [-0.2, -0.15) is 4.98 Å². The topological polar surface area (TPSA) is 62.5 Å². The summed E-state index contributed by atoms with van der Waals surface area (Å²) in [5.41, 5.74) is 1.91. The number of rotatable bonds is 6. The SMILES string of the molecule is CC1CCCN(Cc2ccc(C(=O)N(C)Cc3nc(-c4cccs4)no3)cc2)C1. The molecular formula is C22H26N4O2S. The Morgan fingerprint density at radius 2 is 2.14 bits per heavy atom. The van der Waals surface area contributed by atoms with Crippen molar-refractivity contribution in [3.8, 4) is 10.7 Å². The second-order valence-corrected chi connectivity index (χ2v) is 8.78. The summed E-state index contributed by atoms with van der Waals surface area (Å²) in [5.74, 6) is 1.70. The van der Waals surface area contributed by atoms with Crippen molar-refractivity contribution in [2.75, 3.05) is 20.1 Å². The highest BCUT2D eigenvalue weighted by atomic mass is 32.1. The molecule has 0 bridgehead atoms. The van der Waals surface area contributed by atoms with Crippen molar-refractivity contribution in [1.29, 1.82) is 0 Å². The number of carbonyl (C=O) groups excluding carboxylic acids is 1. The van der Waals surface area contributed by atoms with Crippen LogP contribution in [-0.4, -0.2) is 46.0 Å². The Bertz CT molecular complexity index is 936. The zero-order chi connectivity index (χ0) is 20.2. The van der Waals surface area contributed by atoms with E-state index in [1.54, 1.807) is 23.3 Å². The van der Waals surface area contributed by atoms with Gasteiger partial charge in [-0.3, -0.25) is 9.69 Å². The van der Waals surface area contributed by atoms with Crippen LogP contribution >= 0.6 is 11.3 Å². The average Bonchev–Trinajstić information content (AvgIpc) is 3.40. The van der Waals surface area contributed by atoms with Gasteiger partial charge in [0.1, 0.15) is 0 Å². The first kappa shape index (κ1) is 19.8. The summed E-state index contributed by atoms with van der Waals surface area (Å²) in [7, 11) is 1.75. The Kier molecular flexibility index (Phi) is 6.06. The van der Waals surface area contributed by atoms with Gasteiger partial charge in [0, 0.05) is 25.7 Å². The van der Waals surface area contributed by atoms with E-state index in [1.165, 1.54) is 18.4 Å². The summed E-state index contributed by atoms with van der Waals surface area (Å²) in [6.07, 6.45) is 2.59. The zero-order valence-corrected chi connectivity index (χ0v) is 17.7. The number of carbonyl (C=O) groups is 1. The molecule has 0 radical (unpaired) electrons. The molecule has 3 aromatic rings. The number of aromatic nitrogens is 2. The van der Waals surface area contributed by atoms with Gasteiger partial charge in [0.2, 0.25) is 11.7 Å². The normalized spacial score (nSPS) is 17.4. The van der Waals surface area contributed by atoms with Crippen molar-refractivity contribution in [2.45, 2.75) is 32.9 Å². The van der Waals surface area contributed by atoms with Gasteiger partial charge in [0.15, 0.2) is 0 Å². The largest absolute Gasteiger partial charge is 0.337 e. The van der Waals surface area contributed by atoms with Gasteiger partial charge in [-0.05, 0) is 54.4 Å². The van der Waals surface area contributed by atoms with E-state index in [0.717, 1.165) is 30.4 Å². The molecule has 1 saturated heterocycles. The van der Waals surface area contributed by atoms with E-state index in [-0.39, 0.29) is 12.5 Å². The maximum atomic E-state index is 12.8. The van der Waals surface area contributed by atoms with Crippen LogP contribution in [0, 0.1) is 5.92 Å². The molecule has 1 amide bonds. The number of likely N-dealkylation sites (tertiary alicyclic amines) is 1. The summed E-state index contributed by atoms with van der Waals surface area (Å²) in [6.45, 7) is 5.86. The molecule has 3 heterocycles. The van der Waals surface area contributed by atoms with Crippen LogP contribution in [0.15, 0.2) is 46.3 Å². The fraction of sp³-hybridized carbons (Fsp3) is 0.409. The molecular weight excluding hydrogens is 384 g/mol. The molecule has 1 fully saturated rings. The van der Waals surface area contributed by atoms with E-state index in [0.29, 0.717) is 17.3 Å². The molecule has 0 spiro atoms. The molecule has 1 atom stereocenters. The van der Waals surface area contributed by atoms with Crippen molar-refractivity contribution in [3.05, 3.63) is 58.8 Å². The highest BCUT2D eigenvalue weighted by molar-refractivity contribution is 7.13. The molecule has 4 rings (SSSR count). The van der Waals surface area contributed by atoms with E-state index < -0.39 is 0 Å². The summed E-state index contributed by atoms with van der Waals surface area (Å²) in [6, 6.07) is 11.8. The van der Waals surface area contributed by atoms with E-state index >= 15 is 0 Å². The molecule has 6 nitrogen and oxygen atoms in total. The minimum Gasteiger partial charge on any atom is -0.337 e. The monoisotopic (exact) mass is 410 g/mol. The Morgan fingerprint density at radius 3 is 2.86 bits per heavy atom. The van der Waals surface area contributed by atoms with Crippen molar-refractivity contribution in [2.24, 2.45) is 5.92 Å². The van der Waals surface area contributed by atoms with Gasteiger partial charge in [-0.25, -0.2) is 0 Å². The Labute approximate surface area is 175 Å². The van der Waals surface area contributed by atoms with Gasteiger partial charge < -0.3 is 9.42 Å². The first-order chi connectivity index (χ1) is 14.1. The predicted octanol–water partition coefficient (Wildman–Crippen LogP) is 4.30. The Balaban J connectivity index is 1.35. The molecule has 0 aliphatic carbocycles. The third kappa shape index (κ3) is 4.92.